The van der Waals surface area contributed by atoms with E-state index in [4.69, 9.17) is 0 Å². The largest absolute Gasteiger partial charge is 0.303 e. The minimum absolute atomic E-state index is 0. The summed E-state index contributed by atoms with van der Waals surface area (Å²) in [6.07, 6.45) is 10.8. The van der Waals surface area contributed by atoms with Crippen molar-refractivity contribution in [2.45, 2.75) is 38.5 Å². The van der Waals surface area contributed by atoms with Gasteiger partial charge in [-0.05, 0) is 80.2 Å². The van der Waals surface area contributed by atoms with Crippen LogP contribution in [-0.2, 0) is 6.42 Å². The van der Waals surface area contributed by atoms with E-state index >= 15 is 0 Å². The smallest absolute Gasteiger partial charge is 0.00539 e. The third kappa shape index (κ3) is 4.90. The lowest BCUT2D eigenvalue weighted by molar-refractivity contribution is 0.309. The van der Waals surface area contributed by atoms with Crippen molar-refractivity contribution < 1.29 is 0 Å². The van der Waals surface area contributed by atoms with Crippen LogP contribution in [-0.4, -0.2) is 49.1 Å². The molecule has 0 amide bonds. The molecule has 0 unspecified atom stereocenters. The van der Waals surface area contributed by atoms with Gasteiger partial charge in [0.25, 0.3) is 0 Å². The van der Waals surface area contributed by atoms with Crippen LogP contribution < -0.4 is 0 Å². The van der Waals surface area contributed by atoms with E-state index < -0.39 is 0 Å². The molecule has 1 aromatic carbocycles. The first-order chi connectivity index (χ1) is 12.3. The van der Waals surface area contributed by atoms with Crippen LogP contribution in [0.25, 0.3) is 5.57 Å². The Morgan fingerprint density at radius 1 is 0.889 bits per heavy atom. The molecule has 0 N–H and O–H groups in total. The summed E-state index contributed by atoms with van der Waals surface area (Å²) in [4.78, 5) is 5.37. The molecule has 5 rings (SSSR count). The summed E-state index contributed by atoms with van der Waals surface area (Å²) in [6.45, 7) is 7.88. The Hall–Kier alpha value is -0.540. The molecule has 27 heavy (non-hydrogen) atoms. The summed E-state index contributed by atoms with van der Waals surface area (Å²) in [5, 5.41) is 0. The number of benzene rings is 1. The van der Waals surface area contributed by atoms with Crippen LogP contribution >= 0.6 is 24.8 Å². The van der Waals surface area contributed by atoms with Crippen LogP contribution in [0.5, 0.6) is 0 Å². The average Bonchev–Trinajstić information content (AvgIpc) is 3.01. The maximum Gasteiger partial charge on any atom is 0.00539 e. The van der Waals surface area contributed by atoms with E-state index in [-0.39, 0.29) is 24.8 Å². The van der Waals surface area contributed by atoms with Crippen molar-refractivity contribution in [2.75, 3.05) is 39.3 Å². The minimum Gasteiger partial charge on any atom is -0.303 e. The number of allylic oxidation sites excluding steroid dienone is 1. The van der Waals surface area contributed by atoms with E-state index in [1.54, 1.807) is 5.57 Å². The van der Waals surface area contributed by atoms with Gasteiger partial charge in [-0.15, -0.1) is 24.8 Å². The summed E-state index contributed by atoms with van der Waals surface area (Å²) < 4.78 is 0. The van der Waals surface area contributed by atoms with E-state index in [9.17, 15) is 0 Å². The molecule has 2 aliphatic carbocycles. The highest BCUT2D eigenvalue weighted by molar-refractivity contribution is 5.85. The SMILES string of the molecule is C1=C(c2ccc(CCN3CCCC3)cc2)[C@H]2CN(CC3CC3)C[C@H]2C1.Cl.Cl. The highest BCUT2D eigenvalue weighted by Gasteiger charge is 2.39. The lowest BCUT2D eigenvalue weighted by atomic mass is 9.90. The fourth-order valence-corrected chi connectivity index (χ4v) is 5.29. The molecule has 0 radical (unpaired) electrons. The van der Waals surface area contributed by atoms with Crippen LogP contribution in [0, 0.1) is 17.8 Å². The third-order valence-corrected chi connectivity index (χ3v) is 6.97. The van der Waals surface area contributed by atoms with Gasteiger partial charge in [-0.1, -0.05) is 30.3 Å². The zero-order valence-electron chi connectivity index (χ0n) is 16.3. The third-order valence-electron chi connectivity index (χ3n) is 6.97. The first-order valence-corrected chi connectivity index (χ1v) is 10.6. The van der Waals surface area contributed by atoms with Crippen molar-refractivity contribution in [3.63, 3.8) is 0 Å². The molecule has 3 fully saturated rings. The van der Waals surface area contributed by atoms with Gasteiger partial charge in [0.05, 0.1) is 0 Å². The molecule has 0 bridgehead atoms. The van der Waals surface area contributed by atoms with Crippen LogP contribution in [0.3, 0.4) is 0 Å². The first-order valence-electron chi connectivity index (χ1n) is 10.6. The molecule has 4 aliphatic rings. The Balaban J connectivity index is 0.00000105. The highest BCUT2D eigenvalue weighted by atomic mass is 35.5. The molecular formula is C23H34Cl2N2. The fraction of sp³-hybridized carbons (Fsp3) is 0.652. The minimum atomic E-state index is 0. The standard InChI is InChI=1S/C23H32N2.2ClH/c1-2-13-24(12-1)14-11-18-5-7-20(8-6-18)22-10-9-21-16-25(17-23(21)22)15-19-3-4-19;;/h5-8,10,19,21,23H,1-4,9,11-17H2;2*1H/t21-,23+;;/m1../s1. The molecule has 2 nitrogen and oxygen atoms in total. The summed E-state index contributed by atoms with van der Waals surface area (Å²) in [7, 11) is 0. The van der Waals surface area contributed by atoms with Gasteiger partial charge in [0.15, 0.2) is 0 Å². The summed E-state index contributed by atoms with van der Waals surface area (Å²) in [5.74, 6) is 2.72. The van der Waals surface area contributed by atoms with Gasteiger partial charge in [0.2, 0.25) is 0 Å². The summed E-state index contributed by atoms with van der Waals surface area (Å²) in [5.41, 5.74) is 4.65. The van der Waals surface area contributed by atoms with Crippen molar-refractivity contribution in [3.05, 3.63) is 41.5 Å². The Morgan fingerprint density at radius 3 is 2.33 bits per heavy atom. The molecule has 4 heteroatoms. The molecule has 0 aromatic heterocycles. The topological polar surface area (TPSA) is 6.48 Å². The maximum absolute atomic E-state index is 2.75. The molecule has 2 aliphatic heterocycles. The van der Waals surface area contributed by atoms with Gasteiger partial charge in [0, 0.05) is 32.1 Å². The number of likely N-dealkylation sites (tertiary alicyclic amines) is 2. The number of rotatable bonds is 6. The zero-order chi connectivity index (χ0) is 16.6. The Kier molecular flexibility index (Phi) is 7.30. The Morgan fingerprint density at radius 2 is 1.63 bits per heavy atom. The predicted molar refractivity (Wildman–Crippen MR) is 119 cm³/mol. The van der Waals surface area contributed by atoms with Gasteiger partial charge < -0.3 is 9.80 Å². The van der Waals surface area contributed by atoms with E-state index in [1.807, 2.05) is 0 Å². The molecule has 2 saturated heterocycles. The molecular weight excluding hydrogens is 375 g/mol. The van der Waals surface area contributed by atoms with Crippen molar-refractivity contribution >= 4 is 30.4 Å². The van der Waals surface area contributed by atoms with Gasteiger partial charge in [-0.2, -0.15) is 0 Å². The Labute approximate surface area is 177 Å². The number of fused-ring (bicyclic) bond motifs is 1. The summed E-state index contributed by atoms with van der Waals surface area (Å²) >= 11 is 0. The second kappa shape index (κ2) is 9.31. The van der Waals surface area contributed by atoms with Crippen molar-refractivity contribution in [2.24, 2.45) is 17.8 Å². The number of hydrogen-bond acceptors (Lipinski definition) is 2. The van der Waals surface area contributed by atoms with Crippen molar-refractivity contribution in [1.82, 2.24) is 9.80 Å². The van der Waals surface area contributed by atoms with Gasteiger partial charge in [-0.25, -0.2) is 0 Å². The first kappa shape index (κ1) is 21.2. The second-order valence-electron chi connectivity index (χ2n) is 8.92. The maximum atomic E-state index is 2.75. The predicted octanol–water partition coefficient (Wildman–Crippen LogP) is 4.91. The average molecular weight is 409 g/mol. The number of halogens is 2. The fourth-order valence-electron chi connectivity index (χ4n) is 5.29. The lowest BCUT2D eigenvalue weighted by Gasteiger charge is -2.17. The van der Waals surface area contributed by atoms with Gasteiger partial charge in [-0.3, -0.25) is 0 Å². The van der Waals surface area contributed by atoms with Gasteiger partial charge in [0.1, 0.15) is 0 Å². The molecule has 2 atom stereocenters. The van der Waals surface area contributed by atoms with E-state index in [0.29, 0.717) is 0 Å². The van der Waals surface area contributed by atoms with E-state index in [1.165, 1.54) is 88.9 Å². The van der Waals surface area contributed by atoms with Crippen molar-refractivity contribution in [3.8, 4) is 0 Å². The van der Waals surface area contributed by atoms with Crippen molar-refractivity contribution in [1.29, 1.82) is 0 Å². The molecule has 1 saturated carbocycles. The number of hydrogen-bond donors (Lipinski definition) is 0. The van der Waals surface area contributed by atoms with E-state index in [0.717, 1.165) is 17.8 Å². The number of nitrogens with zero attached hydrogens (tertiary/aromatic N) is 2. The highest BCUT2D eigenvalue weighted by Crippen LogP contribution is 2.44. The molecule has 2 heterocycles. The lowest BCUT2D eigenvalue weighted by Crippen LogP contribution is -2.24. The molecule has 1 aromatic rings. The Bertz CT molecular complexity index is 632. The second-order valence-corrected chi connectivity index (χ2v) is 8.92. The van der Waals surface area contributed by atoms with Crippen LogP contribution in [0.15, 0.2) is 30.3 Å². The summed E-state index contributed by atoms with van der Waals surface area (Å²) in [6, 6.07) is 9.57. The van der Waals surface area contributed by atoms with Gasteiger partial charge >= 0.3 is 0 Å². The van der Waals surface area contributed by atoms with Crippen LogP contribution in [0.4, 0.5) is 0 Å². The monoisotopic (exact) mass is 408 g/mol. The van der Waals surface area contributed by atoms with Crippen LogP contribution in [0.1, 0.15) is 43.2 Å². The quantitative estimate of drug-likeness (QED) is 0.659. The normalized spacial score (nSPS) is 27.8. The van der Waals surface area contributed by atoms with Crippen LogP contribution in [0.2, 0.25) is 0 Å². The zero-order valence-corrected chi connectivity index (χ0v) is 17.9. The van der Waals surface area contributed by atoms with E-state index in [2.05, 4.69) is 40.1 Å². The molecule has 150 valence electrons. The molecule has 0 spiro atoms.